The number of benzene rings is 5. The topological polar surface area (TPSA) is 108 Å². The van der Waals surface area contributed by atoms with Crippen molar-refractivity contribution >= 4 is 17.7 Å². The van der Waals surface area contributed by atoms with Crippen molar-refractivity contribution in [3.63, 3.8) is 0 Å². The van der Waals surface area contributed by atoms with Crippen LogP contribution in [0, 0.1) is 11.7 Å². The van der Waals surface area contributed by atoms with E-state index < -0.39 is 41.9 Å². The highest BCUT2D eigenvalue weighted by atomic mass is 19.1. The van der Waals surface area contributed by atoms with E-state index in [0.717, 1.165) is 35.2 Å². The lowest BCUT2D eigenvalue weighted by Crippen LogP contribution is -2.46. The van der Waals surface area contributed by atoms with Gasteiger partial charge in [-0.05, 0) is 90.4 Å². The standard InChI is InChI=1S/C44H45FN2O6/c1-2-3-25-52-41-28-33(32-13-10-16-37(48)27-32)19-22-38(41)42(46-35-14-8-5-9-15-35)39(23-24-40(49)31-17-20-34(45)21-18-31)43(50)47-36(29-53-44(47)51)26-30-11-6-4-7-12-30/h4-22,27-28,36,39-40,42,46,48-49H,2-3,23-26,29H2,1H3/t36-,39+,40-,42+/m0/s1. The summed E-state index contributed by atoms with van der Waals surface area (Å²) in [5.41, 5.74) is 4.53. The SMILES string of the molecule is CCCCOc1cc(-c2cccc(O)c2)ccc1[C@@H](Nc1ccccc1)[C@@H](CC[C@H](O)c1ccc(F)cc1)C(=O)N1C(=O)OC[C@@H]1Cc1ccccc1. The summed E-state index contributed by atoms with van der Waals surface area (Å²) >= 11 is 0. The number of cyclic esters (lactones) is 1. The minimum atomic E-state index is -0.998. The van der Waals surface area contributed by atoms with E-state index in [1.54, 1.807) is 18.2 Å². The number of nitrogens with zero attached hydrogens (tertiary/aromatic N) is 1. The van der Waals surface area contributed by atoms with Crippen molar-refractivity contribution in [1.82, 2.24) is 4.90 Å². The number of rotatable bonds is 16. The minimum Gasteiger partial charge on any atom is -0.508 e. The number of para-hydroxylation sites is 1. The molecule has 0 unspecified atom stereocenters. The van der Waals surface area contributed by atoms with Gasteiger partial charge in [-0.15, -0.1) is 0 Å². The van der Waals surface area contributed by atoms with Gasteiger partial charge in [-0.3, -0.25) is 4.79 Å². The van der Waals surface area contributed by atoms with Crippen molar-refractivity contribution in [2.45, 2.75) is 57.2 Å². The number of aromatic hydroxyl groups is 1. The number of nitrogens with one attached hydrogen (secondary N) is 1. The number of aliphatic hydroxyl groups is 1. The number of phenols is 1. The molecule has 0 saturated carbocycles. The molecule has 3 N–H and O–H groups in total. The Balaban J connectivity index is 1.44. The van der Waals surface area contributed by atoms with Crippen molar-refractivity contribution in [3.8, 4) is 22.6 Å². The molecular formula is C44H45FN2O6. The average molecular weight is 717 g/mol. The zero-order valence-corrected chi connectivity index (χ0v) is 29.7. The highest BCUT2D eigenvalue weighted by Gasteiger charge is 2.44. The molecule has 0 bridgehead atoms. The molecule has 274 valence electrons. The number of unbranched alkanes of at least 4 members (excludes halogenated alkanes) is 1. The predicted molar refractivity (Wildman–Crippen MR) is 203 cm³/mol. The number of anilines is 1. The number of hydrogen-bond acceptors (Lipinski definition) is 7. The molecule has 1 fully saturated rings. The number of carbonyl (C=O) groups excluding carboxylic acids is 2. The van der Waals surface area contributed by atoms with Crippen LogP contribution in [0.4, 0.5) is 14.9 Å². The van der Waals surface area contributed by atoms with Gasteiger partial charge in [-0.1, -0.05) is 98.3 Å². The van der Waals surface area contributed by atoms with E-state index in [1.165, 1.54) is 29.2 Å². The molecule has 1 saturated heterocycles. The largest absolute Gasteiger partial charge is 0.508 e. The van der Waals surface area contributed by atoms with E-state index in [-0.39, 0.29) is 25.2 Å². The maximum atomic E-state index is 15.0. The van der Waals surface area contributed by atoms with Crippen LogP contribution in [0.25, 0.3) is 11.1 Å². The van der Waals surface area contributed by atoms with Gasteiger partial charge in [-0.25, -0.2) is 14.1 Å². The summed E-state index contributed by atoms with van der Waals surface area (Å²) in [5.74, 6) is -1.06. The fraction of sp³-hybridized carbons (Fsp3) is 0.273. The Bertz CT molecular complexity index is 1960. The van der Waals surface area contributed by atoms with Crippen LogP contribution >= 0.6 is 0 Å². The molecule has 9 heteroatoms. The first-order valence-corrected chi connectivity index (χ1v) is 18.2. The zero-order valence-electron chi connectivity index (χ0n) is 29.7. The second kappa shape index (κ2) is 17.7. The van der Waals surface area contributed by atoms with Crippen molar-refractivity contribution in [1.29, 1.82) is 0 Å². The number of ether oxygens (including phenoxy) is 2. The van der Waals surface area contributed by atoms with Crippen molar-refractivity contribution in [3.05, 3.63) is 150 Å². The lowest BCUT2D eigenvalue weighted by Gasteiger charge is -2.33. The summed E-state index contributed by atoms with van der Waals surface area (Å²) in [5, 5.41) is 25.2. The molecule has 0 spiro atoms. The maximum absolute atomic E-state index is 15.0. The molecule has 1 aliphatic heterocycles. The van der Waals surface area contributed by atoms with Crippen LogP contribution in [0.5, 0.6) is 11.5 Å². The van der Waals surface area contributed by atoms with Gasteiger partial charge < -0.3 is 25.0 Å². The molecule has 5 aromatic carbocycles. The van der Waals surface area contributed by atoms with Crippen molar-refractivity contribution in [2.75, 3.05) is 18.5 Å². The average Bonchev–Trinajstić information content (AvgIpc) is 3.54. The molecule has 2 amide bonds. The first-order chi connectivity index (χ1) is 25.8. The van der Waals surface area contributed by atoms with E-state index in [4.69, 9.17) is 9.47 Å². The molecule has 0 radical (unpaired) electrons. The Morgan fingerprint density at radius 2 is 1.62 bits per heavy atom. The molecule has 4 atom stereocenters. The number of aliphatic hydroxyl groups excluding tert-OH is 1. The monoisotopic (exact) mass is 716 g/mol. The molecule has 0 aromatic heterocycles. The Morgan fingerprint density at radius 1 is 0.906 bits per heavy atom. The number of amides is 2. The van der Waals surface area contributed by atoms with Crippen LogP contribution < -0.4 is 10.1 Å². The van der Waals surface area contributed by atoms with E-state index >= 15 is 4.79 Å². The van der Waals surface area contributed by atoms with Crippen LogP contribution in [-0.4, -0.2) is 46.4 Å². The second-order valence-electron chi connectivity index (χ2n) is 13.4. The summed E-state index contributed by atoms with van der Waals surface area (Å²) in [4.78, 5) is 29.7. The summed E-state index contributed by atoms with van der Waals surface area (Å²) in [7, 11) is 0. The third kappa shape index (κ3) is 9.42. The smallest absolute Gasteiger partial charge is 0.416 e. The Labute approximate surface area is 309 Å². The van der Waals surface area contributed by atoms with Gasteiger partial charge in [0, 0.05) is 11.3 Å². The number of hydrogen-bond donors (Lipinski definition) is 3. The highest BCUT2D eigenvalue weighted by Crippen LogP contribution is 2.41. The van der Waals surface area contributed by atoms with Gasteiger partial charge in [0.25, 0.3) is 0 Å². The van der Waals surface area contributed by atoms with E-state index in [9.17, 15) is 19.4 Å². The molecule has 1 heterocycles. The van der Waals surface area contributed by atoms with Crippen molar-refractivity contribution < 1.29 is 33.7 Å². The predicted octanol–water partition coefficient (Wildman–Crippen LogP) is 9.25. The molecule has 8 nitrogen and oxygen atoms in total. The lowest BCUT2D eigenvalue weighted by molar-refractivity contribution is -0.134. The fourth-order valence-electron chi connectivity index (χ4n) is 6.78. The Kier molecular flexibility index (Phi) is 12.4. The number of phenolic OH excluding ortho intramolecular Hbond substituents is 1. The number of imide groups is 1. The van der Waals surface area contributed by atoms with Crippen LogP contribution in [0.2, 0.25) is 0 Å². The van der Waals surface area contributed by atoms with Gasteiger partial charge in [-0.2, -0.15) is 0 Å². The Morgan fingerprint density at radius 3 is 2.34 bits per heavy atom. The Hall–Kier alpha value is -5.67. The second-order valence-corrected chi connectivity index (χ2v) is 13.4. The minimum absolute atomic E-state index is 0.0607. The zero-order chi connectivity index (χ0) is 37.2. The fourth-order valence-corrected chi connectivity index (χ4v) is 6.78. The van der Waals surface area contributed by atoms with E-state index in [2.05, 4.69) is 12.2 Å². The van der Waals surface area contributed by atoms with Gasteiger partial charge >= 0.3 is 6.09 Å². The van der Waals surface area contributed by atoms with Gasteiger partial charge in [0.05, 0.1) is 30.7 Å². The normalized spacial score (nSPS) is 15.7. The number of halogens is 1. The summed E-state index contributed by atoms with van der Waals surface area (Å²) in [6.07, 6.45) is 0.736. The van der Waals surface area contributed by atoms with Crippen LogP contribution in [0.1, 0.15) is 61.4 Å². The van der Waals surface area contributed by atoms with Crippen molar-refractivity contribution in [2.24, 2.45) is 5.92 Å². The van der Waals surface area contributed by atoms with Gasteiger partial charge in [0.15, 0.2) is 0 Å². The first-order valence-electron chi connectivity index (χ1n) is 18.2. The summed E-state index contributed by atoms with van der Waals surface area (Å²) < 4.78 is 25.7. The molecular weight excluding hydrogens is 671 g/mol. The lowest BCUT2D eigenvalue weighted by atomic mass is 9.84. The van der Waals surface area contributed by atoms with Crippen LogP contribution in [0.15, 0.2) is 127 Å². The first kappa shape index (κ1) is 37.1. The third-order valence-electron chi connectivity index (χ3n) is 9.62. The molecule has 0 aliphatic carbocycles. The van der Waals surface area contributed by atoms with Crippen LogP contribution in [0.3, 0.4) is 0 Å². The molecule has 1 aliphatic rings. The van der Waals surface area contributed by atoms with Crippen LogP contribution in [-0.2, 0) is 16.0 Å². The molecule has 6 rings (SSSR count). The molecule has 5 aromatic rings. The third-order valence-corrected chi connectivity index (χ3v) is 9.62. The van der Waals surface area contributed by atoms with Gasteiger partial charge in [0.2, 0.25) is 5.91 Å². The maximum Gasteiger partial charge on any atom is 0.416 e. The molecule has 53 heavy (non-hydrogen) atoms. The van der Waals surface area contributed by atoms with E-state index in [0.29, 0.717) is 29.9 Å². The highest BCUT2D eigenvalue weighted by molar-refractivity contribution is 5.95. The summed E-state index contributed by atoms with van der Waals surface area (Å²) in [6.45, 7) is 2.57. The quantitative estimate of drug-likeness (QED) is 0.0874. The van der Waals surface area contributed by atoms with E-state index in [1.807, 2.05) is 84.9 Å². The number of carbonyl (C=O) groups is 2. The summed E-state index contributed by atoms with van der Waals surface area (Å²) in [6, 6.07) is 36.3. The van der Waals surface area contributed by atoms with Gasteiger partial charge in [0.1, 0.15) is 23.9 Å².